The number of carbonyl (C=O) groups excluding carboxylic acids is 1. The van der Waals surface area contributed by atoms with Crippen LogP contribution in [0.25, 0.3) is 0 Å². The van der Waals surface area contributed by atoms with Gasteiger partial charge in [-0.1, -0.05) is 162 Å². The van der Waals surface area contributed by atoms with E-state index in [0.29, 0.717) is 6.42 Å². The zero-order valence-electron chi connectivity index (χ0n) is 21.5. The summed E-state index contributed by atoms with van der Waals surface area (Å²) in [5.74, 6) is 0.888. The fourth-order valence-corrected chi connectivity index (χ4v) is 4.66. The predicted molar refractivity (Wildman–Crippen MR) is 141 cm³/mol. The van der Waals surface area contributed by atoms with Gasteiger partial charge in [-0.05, 0) is 23.9 Å². The molecule has 0 spiro atoms. The molecule has 0 saturated carbocycles. The van der Waals surface area contributed by atoms with Crippen molar-refractivity contribution in [2.75, 3.05) is 0 Å². The lowest BCUT2D eigenvalue weighted by Gasteiger charge is -2.05. The van der Waals surface area contributed by atoms with Crippen LogP contribution in [0.15, 0.2) is 0 Å². The minimum Gasteiger partial charge on any atom is -0.281 e. The first-order chi connectivity index (χ1) is 15.1. The van der Waals surface area contributed by atoms with Gasteiger partial charge in [0.05, 0.1) is 0 Å². The molecule has 0 fully saturated rings. The summed E-state index contributed by atoms with van der Waals surface area (Å²) in [5.41, 5.74) is 0. The summed E-state index contributed by atoms with van der Waals surface area (Å²) in [6.45, 7) is 4.68. The first-order valence-corrected chi connectivity index (χ1v) is 14.7. The maximum Gasteiger partial charge on any atom is 0.221 e. The molecular formula is C29H57ClO. The predicted octanol–water partition coefficient (Wildman–Crippen LogP) is 11.2. The lowest BCUT2D eigenvalue weighted by molar-refractivity contribution is -0.111. The molecular weight excluding hydrogens is 400 g/mol. The average molecular weight is 457 g/mol. The molecule has 0 aliphatic carbocycles. The molecule has 0 aromatic rings. The van der Waals surface area contributed by atoms with Crippen LogP contribution in [0.3, 0.4) is 0 Å². The molecule has 0 atom stereocenters. The summed E-state index contributed by atoms with van der Waals surface area (Å²) < 4.78 is 0. The van der Waals surface area contributed by atoms with Gasteiger partial charge in [-0.25, -0.2) is 0 Å². The summed E-state index contributed by atoms with van der Waals surface area (Å²) in [5, 5.41) is -0.177. The van der Waals surface area contributed by atoms with E-state index in [1.807, 2.05) is 0 Å². The van der Waals surface area contributed by atoms with E-state index in [9.17, 15) is 4.79 Å². The van der Waals surface area contributed by atoms with Crippen LogP contribution in [0.2, 0.25) is 0 Å². The molecule has 0 N–H and O–H groups in total. The van der Waals surface area contributed by atoms with E-state index in [2.05, 4.69) is 13.8 Å². The first kappa shape index (κ1) is 31.0. The Hall–Kier alpha value is -0.0400. The van der Waals surface area contributed by atoms with E-state index in [0.717, 1.165) is 18.8 Å². The molecule has 1 nitrogen and oxygen atoms in total. The molecule has 2 heteroatoms. The average Bonchev–Trinajstić information content (AvgIpc) is 2.73. The number of halogens is 1. The molecule has 0 aromatic heterocycles. The Morgan fingerprint density at radius 3 is 0.903 bits per heavy atom. The van der Waals surface area contributed by atoms with Crippen molar-refractivity contribution in [2.45, 2.75) is 174 Å². The minimum atomic E-state index is -0.177. The lowest BCUT2D eigenvalue weighted by atomic mass is 10.0. The van der Waals surface area contributed by atoms with Crippen molar-refractivity contribution in [3.8, 4) is 0 Å². The quantitative estimate of drug-likeness (QED) is 0.0933. The van der Waals surface area contributed by atoms with E-state index in [4.69, 9.17) is 11.6 Å². The monoisotopic (exact) mass is 456 g/mol. The largest absolute Gasteiger partial charge is 0.281 e. The topological polar surface area (TPSA) is 17.1 Å². The maximum absolute atomic E-state index is 10.6. The Morgan fingerprint density at radius 1 is 0.452 bits per heavy atom. The molecule has 0 rings (SSSR count). The van der Waals surface area contributed by atoms with Crippen LogP contribution in [0.5, 0.6) is 0 Å². The minimum absolute atomic E-state index is 0.177. The van der Waals surface area contributed by atoms with Crippen molar-refractivity contribution in [3.05, 3.63) is 0 Å². The number of hydrogen-bond acceptors (Lipinski definition) is 1. The number of unbranched alkanes of at least 4 members (excludes halogenated alkanes) is 22. The Labute approximate surface area is 201 Å². The van der Waals surface area contributed by atoms with Crippen molar-refractivity contribution in [3.63, 3.8) is 0 Å². The van der Waals surface area contributed by atoms with E-state index in [1.165, 1.54) is 141 Å². The van der Waals surface area contributed by atoms with Crippen LogP contribution >= 0.6 is 11.6 Å². The first-order valence-electron chi connectivity index (χ1n) is 14.3. The van der Waals surface area contributed by atoms with Gasteiger partial charge in [-0.3, -0.25) is 4.79 Å². The zero-order valence-corrected chi connectivity index (χ0v) is 22.3. The standard InChI is InChI=1S/C29H57ClO/c1-28(2)26-24-22-20-18-16-14-12-10-8-6-4-3-5-7-9-11-13-15-17-19-21-23-25-27-29(30)31/h28H,3-27H2,1-2H3. The van der Waals surface area contributed by atoms with Gasteiger partial charge in [0.1, 0.15) is 0 Å². The van der Waals surface area contributed by atoms with Crippen molar-refractivity contribution in [2.24, 2.45) is 5.92 Å². The van der Waals surface area contributed by atoms with E-state index >= 15 is 0 Å². The van der Waals surface area contributed by atoms with Crippen molar-refractivity contribution in [1.29, 1.82) is 0 Å². The van der Waals surface area contributed by atoms with Crippen LogP contribution in [0, 0.1) is 5.92 Å². The van der Waals surface area contributed by atoms with Gasteiger partial charge in [-0.15, -0.1) is 0 Å². The summed E-state index contributed by atoms with van der Waals surface area (Å²) in [6.07, 6.45) is 34.2. The van der Waals surface area contributed by atoms with Crippen LogP contribution in [-0.4, -0.2) is 5.24 Å². The highest BCUT2D eigenvalue weighted by atomic mass is 35.5. The Morgan fingerprint density at radius 2 is 0.677 bits per heavy atom. The van der Waals surface area contributed by atoms with Crippen molar-refractivity contribution < 1.29 is 4.79 Å². The van der Waals surface area contributed by atoms with Gasteiger partial charge in [0.25, 0.3) is 0 Å². The Kier molecular flexibility index (Phi) is 26.2. The van der Waals surface area contributed by atoms with Gasteiger partial charge in [0, 0.05) is 6.42 Å². The smallest absolute Gasteiger partial charge is 0.221 e. The molecule has 0 bridgehead atoms. The zero-order chi connectivity index (χ0) is 22.8. The highest BCUT2D eigenvalue weighted by Crippen LogP contribution is 2.16. The molecule has 0 aliphatic rings. The Bertz CT molecular complexity index is 353. The SMILES string of the molecule is CC(C)CCCCCCCCCCCCCCCCCCCCCCCCCC(=O)Cl. The fraction of sp³-hybridized carbons (Fsp3) is 0.966. The summed E-state index contributed by atoms with van der Waals surface area (Å²) in [4.78, 5) is 10.6. The molecule has 31 heavy (non-hydrogen) atoms. The molecule has 0 saturated heterocycles. The number of hydrogen-bond donors (Lipinski definition) is 0. The summed E-state index contributed by atoms with van der Waals surface area (Å²) in [6, 6.07) is 0. The van der Waals surface area contributed by atoms with Crippen LogP contribution in [-0.2, 0) is 4.79 Å². The summed E-state index contributed by atoms with van der Waals surface area (Å²) >= 11 is 5.35. The van der Waals surface area contributed by atoms with Gasteiger partial charge in [0.2, 0.25) is 5.24 Å². The lowest BCUT2D eigenvalue weighted by Crippen LogP contribution is -1.87. The van der Waals surface area contributed by atoms with Crippen LogP contribution in [0.4, 0.5) is 0 Å². The second-order valence-electron chi connectivity index (χ2n) is 10.4. The summed E-state index contributed by atoms with van der Waals surface area (Å²) in [7, 11) is 0. The van der Waals surface area contributed by atoms with Crippen LogP contribution in [0.1, 0.15) is 174 Å². The third-order valence-corrected chi connectivity index (χ3v) is 6.84. The molecule has 0 heterocycles. The van der Waals surface area contributed by atoms with Crippen LogP contribution < -0.4 is 0 Å². The fourth-order valence-electron chi connectivity index (χ4n) is 4.53. The van der Waals surface area contributed by atoms with Crippen molar-refractivity contribution in [1.82, 2.24) is 0 Å². The second kappa shape index (κ2) is 26.2. The highest BCUT2D eigenvalue weighted by Gasteiger charge is 1.98. The third-order valence-electron chi connectivity index (χ3n) is 6.65. The van der Waals surface area contributed by atoms with Gasteiger partial charge < -0.3 is 0 Å². The Balaban J connectivity index is 3.01. The molecule has 0 amide bonds. The molecule has 0 aromatic carbocycles. The van der Waals surface area contributed by atoms with E-state index < -0.39 is 0 Å². The van der Waals surface area contributed by atoms with Crippen molar-refractivity contribution >= 4 is 16.8 Å². The second-order valence-corrected chi connectivity index (χ2v) is 10.8. The van der Waals surface area contributed by atoms with Gasteiger partial charge in [0.15, 0.2) is 0 Å². The van der Waals surface area contributed by atoms with Gasteiger partial charge in [-0.2, -0.15) is 0 Å². The molecule has 0 radical (unpaired) electrons. The molecule has 0 unspecified atom stereocenters. The number of carbonyl (C=O) groups is 1. The maximum atomic E-state index is 10.6. The van der Waals surface area contributed by atoms with Gasteiger partial charge >= 0.3 is 0 Å². The van der Waals surface area contributed by atoms with E-state index in [1.54, 1.807) is 0 Å². The molecule has 0 aliphatic heterocycles. The highest BCUT2D eigenvalue weighted by molar-refractivity contribution is 6.63. The molecule has 186 valence electrons. The number of rotatable bonds is 26. The third kappa shape index (κ3) is 30.0. The van der Waals surface area contributed by atoms with E-state index in [-0.39, 0.29) is 5.24 Å². The normalized spacial score (nSPS) is 11.5.